The topological polar surface area (TPSA) is 62.2 Å². The number of piperazine rings is 1. The van der Waals surface area contributed by atoms with Crippen LogP contribution in [-0.4, -0.2) is 67.8 Å². The fourth-order valence-electron chi connectivity index (χ4n) is 3.18. The lowest BCUT2D eigenvalue weighted by atomic mass is 10.0. The van der Waals surface area contributed by atoms with E-state index in [0.29, 0.717) is 23.1 Å². The van der Waals surface area contributed by atoms with E-state index in [4.69, 9.17) is 9.47 Å². The Balaban J connectivity index is 2.34. The first kappa shape index (κ1) is 17.6. The van der Waals surface area contributed by atoms with Gasteiger partial charge in [0.1, 0.15) is 17.5 Å². The summed E-state index contributed by atoms with van der Waals surface area (Å²) in [6.45, 7) is 4.45. The molecule has 1 fully saturated rings. The molecule has 23 heavy (non-hydrogen) atoms. The molecule has 1 aromatic rings. The van der Waals surface area contributed by atoms with Crippen molar-refractivity contribution in [2.24, 2.45) is 0 Å². The van der Waals surface area contributed by atoms with Gasteiger partial charge in [-0.3, -0.25) is 9.69 Å². The van der Waals surface area contributed by atoms with Crippen LogP contribution in [0, 0.1) is 0 Å². The second-order valence-corrected chi connectivity index (χ2v) is 5.89. The number of rotatable bonds is 6. The normalized spacial score (nSPS) is 21.0. The van der Waals surface area contributed by atoms with Crippen molar-refractivity contribution in [1.29, 1.82) is 0 Å². The number of likely N-dealkylation sites (N-methyl/N-ethyl adjacent to an activating group) is 1. The SMILES string of the molecule is CCC1CN(C(C(=O)O)c2ccc(OC)cc2OC)CCN1C. The van der Waals surface area contributed by atoms with E-state index in [0.717, 1.165) is 26.1 Å². The van der Waals surface area contributed by atoms with Crippen LogP contribution in [0.2, 0.25) is 0 Å². The predicted molar refractivity (Wildman–Crippen MR) is 88.2 cm³/mol. The molecule has 2 atom stereocenters. The third-order valence-electron chi connectivity index (χ3n) is 4.61. The van der Waals surface area contributed by atoms with E-state index in [1.165, 1.54) is 0 Å². The third-order valence-corrected chi connectivity index (χ3v) is 4.61. The largest absolute Gasteiger partial charge is 0.497 e. The number of hydrogen-bond acceptors (Lipinski definition) is 5. The van der Waals surface area contributed by atoms with Gasteiger partial charge in [0.05, 0.1) is 14.2 Å². The summed E-state index contributed by atoms with van der Waals surface area (Å²) in [7, 11) is 5.22. The number of carboxylic acid groups (broad SMARTS) is 1. The zero-order valence-electron chi connectivity index (χ0n) is 14.3. The highest BCUT2D eigenvalue weighted by Gasteiger charge is 2.34. The van der Waals surface area contributed by atoms with Gasteiger partial charge in [0, 0.05) is 37.3 Å². The zero-order valence-corrected chi connectivity index (χ0v) is 14.3. The van der Waals surface area contributed by atoms with Gasteiger partial charge in [0.2, 0.25) is 0 Å². The van der Waals surface area contributed by atoms with Gasteiger partial charge in [-0.1, -0.05) is 6.92 Å². The lowest BCUT2D eigenvalue weighted by Gasteiger charge is -2.41. The van der Waals surface area contributed by atoms with Crippen molar-refractivity contribution in [3.63, 3.8) is 0 Å². The molecule has 0 spiro atoms. The Morgan fingerprint density at radius 1 is 1.35 bits per heavy atom. The summed E-state index contributed by atoms with van der Waals surface area (Å²) < 4.78 is 10.6. The molecule has 1 saturated heterocycles. The van der Waals surface area contributed by atoms with E-state index in [-0.39, 0.29) is 0 Å². The molecule has 128 valence electrons. The number of carboxylic acids is 1. The third kappa shape index (κ3) is 3.76. The minimum atomic E-state index is -0.854. The Bertz CT molecular complexity index is 549. The molecule has 0 aliphatic carbocycles. The number of benzene rings is 1. The maximum atomic E-state index is 12.0. The summed E-state index contributed by atoms with van der Waals surface area (Å²) >= 11 is 0. The second-order valence-electron chi connectivity index (χ2n) is 5.89. The van der Waals surface area contributed by atoms with Gasteiger partial charge < -0.3 is 19.5 Å². The minimum Gasteiger partial charge on any atom is -0.497 e. The number of hydrogen-bond donors (Lipinski definition) is 1. The van der Waals surface area contributed by atoms with E-state index in [2.05, 4.69) is 18.9 Å². The van der Waals surface area contributed by atoms with Crippen LogP contribution < -0.4 is 9.47 Å². The van der Waals surface area contributed by atoms with Crippen molar-refractivity contribution in [2.45, 2.75) is 25.4 Å². The zero-order chi connectivity index (χ0) is 17.0. The molecular weight excluding hydrogens is 296 g/mol. The first-order valence-electron chi connectivity index (χ1n) is 7.90. The molecule has 1 aliphatic rings. The van der Waals surface area contributed by atoms with Crippen LogP contribution in [0.3, 0.4) is 0 Å². The van der Waals surface area contributed by atoms with Gasteiger partial charge in [0.15, 0.2) is 0 Å². The first-order valence-corrected chi connectivity index (χ1v) is 7.90. The molecule has 1 aliphatic heterocycles. The van der Waals surface area contributed by atoms with Crippen LogP contribution in [0.4, 0.5) is 0 Å². The van der Waals surface area contributed by atoms with Crippen LogP contribution in [0.1, 0.15) is 24.9 Å². The smallest absolute Gasteiger partial charge is 0.325 e. The molecule has 6 nitrogen and oxygen atoms in total. The van der Waals surface area contributed by atoms with E-state index in [1.807, 2.05) is 4.90 Å². The van der Waals surface area contributed by atoms with E-state index < -0.39 is 12.0 Å². The Morgan fingerprint density at radius 2 is 2.09 bits per heavy atom. The van der Waals surface area contributed by atoms with Crippen LogP contribution in [0.15, 0.2) is 18.2 Å². The Labute approximate surface area is 137 Å². The highest BCUT2D eigenvalue weighted by molar-refractivity contribution is 5.77. The molecule has 6 heteroatoms. The standard InChI is InChI=1S/C17H26N2O4/c1-5-12-11-19(9-8-18(12)2)16(17(20)21)14-7-6-13(22-3)10-15(14)23-4/h6-7,10,12,16H,5,8-9,11H2,1-4H3,(H,20,21). The molecular formula is C17H26N2O4. The van der Waals surface area contributed by atoms with Crippen molar-refractivity contribution in [1.82, 2.24) is 9.80 Å². The molecule has 0 radical (unpaired) electrons. The van der Waals surface area contributed by atoms with E-state index in [1.54, 1.807) is 32.4 Å². The number of aliphatic carboxylic acids is 1. The van der Waals surface area contributed by atoms with Gasteiger partial charge >= 0.3 is 5.97 Å². The number of carbonyl (C=O) groups is 1. The number of nitrogens with zero attached hydrogens (tertiary/aromatic N) is 2. The van der Waals surface area contributed by atoms with E-state index in [9.17, 15) is 9.90 Å². The van der Waals surface area contributed by atoms with Gasteiger partial charge in [-0.2, -0.15) is 0 Å². The maximum absolute atomic E-state index is 12.0. The lowest BCUT2D eigenvalue weighted by Crippen LogP contribution is -2.53. The molecule has 0 bridgehead atoms. The maximum Gasteiger partial charge on any atom is 0.325 e. The van der Waals surface area contributed by atoms with Crippen molar-refractivity contribution < 1.29 is 19.4 Å². The summed E-state index contributed by atoms with van der Waals surface area (Å²) in [6, 6.07) is 4.96. The van der Waals surface area contributed by atoms with Crippen molar-refractivity contribution in [3.8, 4) is 11.5 Å². The van der Waals surface area contributed by atoms with Gasteiger partial charge in [0.25, 0.3) is 0 Å². The lowest BCUT2D eigenvalue weighted by molar-refractivity contribution is -0.145. The molecule has 2 rings (SSSR count). The summed E-state index contributed by atoms with van der Waals surface area (Å²) in [4.78, 5) is 16.3. The number of methoxy groups -OCH3 is 2. The van der Waals surface area contributed by atoms with Gasteiger partial charge in [-0.05, 0) is 25.6 Å². The highest BCUT2D eigenvalue weighted by Crippen LogP contribution is 2.34. The average molecular weight is 322 g/mol. The van der Waals surface area contributed by atoms with Crippen molar-refractivity contribution in [2.75, 3.05) is 40.9 Å². The van der Waals surface area contributed by atoms with Gasteiger partial charge in [-0.15, -0.1) is 0 Å². The van der Waals surface area contributed by atoms with Crippen molar-refractivity contribution in [3.05, 3.63) is 23.8 Å². The fraction of sp³-hybridized carbons (Fsp3) is 0.588. The van der Waals surface area contributed by atoms with Crippen LogP contribution in [-0.2, 0) is 4.79 Å². The predicted octanol–water partition coefficient (Wildman–Crippen LogP) is 1.86. The second kappa shape index (κ2) is 7.66. The number of ether oxygens (including phenoxy) is 2. The molecule has 0 amide bonds. The monoisotopic (exact) mass is 322 g/mol. The summed E-state index contributed by atoms with van der Waals surface area (Å²) in [5, 5.41) is 9.81. The quantitative estimate of drug-likeness (QED) is 0.862. The Kier molecular flexibility index (Phi) is 5.85. The molecule has 1 aromatic carbocycles. The molecule has 0 aromatic heterocycles. The molecule has 1 N–H and O–H groups in total. The van der Waals surface area contributed by atoms with Crippen molar-refractivity contribution >= 4 is 5.97 Å². The van der Waals surface area contributed by atoms with Crippen LogP contribution in [0.25, 0.3) is 0 Å². The highest BCUT2D eigenvalue weighted by atomic mass is 16.5. The summed E-state index contributed by atoms with van der Waals surface area (Å²) in [5.41, 5.74) is 0.667. The Morgan fingerprint density at radius 3 is 2.65 bits per heavy atom. The average Bonchev–Trinajstić information content (AvgIpc) is 2.56. The molecule has 2 unspecified atom stereocenters. The molecule has 1 heterocycles. The van der Waals surface area contributed by atoms with E-state index >= 15 is 0 Å². The Hall–Kier alpha value is -1.79. The van der Waals surface area contributed by atoms with Crippen LogP contribution >= 0.6 is 0 Å². The van der Waals surface area contributed by atoms with Gasteiger partial charge in [-0.25, -0.2) is 0 Å². The molecule has 0 saturated carbocycles. The summed E-state index contributed by atoms with van der Waals surface area (Å²) in [6.07, 6.45) is 0.999. The summed E-state index contributed by atoms with van der Waals surface area (Å²) in [5.74, 6) is 0.344. The van der Waals surface area contributed by atoms with Crippen LogP contribution in [0.5, 0.6) is 11.5 Å². The fourth-order valence-corrected chi connectivity index (χ4v) is 3.18. The minimum absolute atomic E-state index is 0.370. The first-order chi connectivity index (χ1) is 11.0.